The average Bonchev–Trinajstić information content (AvgIpc) is 1.36. The van der Waals surface area contributed by atoms with Crippen molar-refractivity contribution in [3.05, 3.63) is 0 Å². The van der Waals surface area contributed by atoms with Gasteiger partial charge in [-0.1, -0.05) is 0 Å². The SMILES string of the molecule is O=S(O)S(O)=[Se]. The van der Waals surface area contributed by atoms with Gasteiger partial charge in [-0.25, -0.2) is 0 Å². The van der Waals surface area contributed by atoms with Gasteiger partial charge >= 0.3 is 45.9 Å². The molecule has 0 aromatic heterocycles. The summed E-state index contributed by atoms with van der Waals surface area (Å²) < 4.78 is 25.4. The second-order valence-electron chi connectivity index (χ2n) is 0.434. The van der Waals surface area contributed by atoms with Crippen LogP contribution >= 0.6 is 8.13 Å². The predicted octanol–water partition coefficient (Wildman–Crippen LogP) is -0.0515. The fraction of sp³-hybridized carbons (Fsp3) is 0. The minimum atomic E-state index is -2.09. The Morgan fingerprint density at radius 3 is 1.67 bits per heavy atom. The molecular formula is H2O3S2Se. The molecule has 6 heteroatoms. The Hall–Kier alpha value is 0.939. The van der Waals surface area contributed by atoms with Crippen LogP contribution in [-0.2, 0) is 10.1 Å². The molecule has 0 aromatic carbocycles. The molecule has 0 amide bonds. The zero-order valence-corrected chi connectivity index (χ0v) is 5.87. The van der Waals surface area contributed by atoms with E-state index in [9.17, 15) is 4.21 Å². The van der Waals surface area contributed by atoms with Gasteiger partial charge in [-0.15, -0.1) is 0 Å². The third kappa shape index (κ3) is 3.14. The number of rotatable bonds is 1. The first-order valence-corrected chi connectivity index (χ1v) is 5.69. The maximum absolute atomic E-state index is 9.54. The summed E-state index contributed by atoms with van der Waals surface area (Å²) >= 11 is 2.07. The van der Waals surface area contributed by atoms with Gasteiger partial charge in [0, 0.05) is 0 Å². The van der Waals surface area contributed by atoms with E-state index in [4.69, 9.17) is 9.11 Å². The zero-order valence-electron chi connectivity index (χ0n) is 2.53. The first-order chi connectivity index (χ1) is 2.64. The van der Waals surface area contributed by atoms with E-state index in [1.807, 2.05) is 0 Å². The van der Waals surface area contributed by atoms with Crippen molar-refractivity contribution < 1.29 is 13.3 Å². The van der Waals surface area contributed by atoms with Crippen molar-refractivity contribution in [1.29, 1.82) is 0 Å². The minimum absolute atomic E-state index is 1.46. The molecule has 38 valence electrons. The van der Waals surface area contributed by atoms with Gasteiger partial charge in [-0.2, -0.15) is 0 Å². The van der Waals surface area contributed by atoms with Crippen LogP contribution in [-0.4, -0.2) is 27.7 Å². The van der Waals surface area contributed by atoms with Crippen LogP contribution in [0, 0.1) is 0 Å². The van der Waals surface area contributed by atoms with Crippen molar-refractivity contribution in [2.24, 2.45) is 0 Å². The van der Waals surface area contributed by atoms with Crippen LogP contribution in [0.25, 0.3) is 0 Å². The molecule has 2 N–H and O–H groups in total. The molecule has 3 nitrogen and oxygen atoms in total. The van der Waals surface area contributed by atoms with Crippen molar-refractivity contribution >= 4 is 32.6 Å². The molecule has 0 heterocycles. The average molecular weight is 193 g/mol. The third-order valence-corrected chi connectivity index (χ3v) is 3.30. The molecule has 0 aliphatic heterocycles. The van der Waals surface area contributed by atoms with Crippen molar-refractivity contribution in [3.63, 3.8) is 0 Å². The first-order valence-electron chi connectivity index (χ1n) is 0.865. The van der Waals surface area contributed by atoms with Crippen molar-refractivity contribution in [2.45, 2.75) is 0 Å². The molecule has 2 atom stereocenters. The van der Waals surface area contributed by atoms with Crippen LogP contribution in [0.5, 0.6) is 0 Å². The van der Waals surface area contributed by atoms with Crippen molar-refractivity contribution in [2.75, 3.05) is 0 Å². The van der Waals surface area contributed by atoms with E-state index in [1.165, 1.54) is 0 Å². The Morgan fingerprint density at radius 1 is 1.50 bits per heavy atom. The molecule has 0 aliphatic carbocycles. The molecule has 0 rings (SSSR count). The van der Waals surface area contributed by atoms with Gasteiger partial charge in [0.25, 0.3) is 0 Å². The summed E-state index contributed by atoms with van der Waals surface area (Å²) in [6.45, 7) is 0. The molecule has 0 aliphatic rings. The van der Waals surface area contributed by atoms with Gasteiger partial charge in [0.2, 0.25) is 0 Å². The summed E-state index contributed by atoms with van der Waals surface area (Å²) in [7, 11) is -3.55. The molecule has 0 bridgehead atoms. The first kappa shape index (κ1) is 6.94. The number of hydrogen-bond donors (Lipinski definition) is 2. The summed E-state index contributed by atoms with van der Waals surface area (Å²) in [5, 5.41) is 0. The van der Waals surface area contributed by atoms with E-state index in [0.29, 0.717) is 0 Å². The molecule has 2 unspecified atom stereocenters. The van der Waals surface area contributed by atoms with Crippen LogP contribution in [0.3, 0.4) is 0 Å². The van der Waals surface area contributed by atoms with E-state index in [2.05, 4.69) is 14.4 Å². The third-order valence-electron chi connectivity index (χ3n) is 0.122. The maximum atomic E-state index is 9.54. The molecule has 0 spiro atoms. The van der Waals surface area contributed by atoms with Crippen LogP contribution in [0.15, 0.2) is 0 Å². The van der Waals surface area contributed by atoms with Gasteiger partial charge in [-0.05, 0) is 0 Å². The standard InChI is InChI=1S/H2O3S2Se/c1-4(2)5(3)6/h(H,1,2)(H,3,6). The summed E-state index contributed by atoms with van der Waals surface area (Å²) in [5.41, 5.74) is 0. The summed E-state index contributed by atoms with van der Waals surface area (Å²) in [4.78, 5) is 0. The molecule has 0 fully saturated rings. The predicted molar refractivity (Wildman–Crippen MR) is 26.7 cm³/mol. The van der Waals surface area contributed by atoms with E-state index >= 15 is 0 Å². The fourth-order valence-electron chi connectivity index (χ4n) is 0. The van der Waals surface area contributed by atoms with Crippen molar-refractivity contribution in [3.8, 4) is 0 Å². The molecule has 0 saturated heterocycles. The molecular weight excluding hydrogens is 191 g/mol. The quantitative estimate of drug-likeness (QED) is 0.348. The Labute approximate surface area is 46.2 Å². The van der Waals surface area contributed by atoms with Crippen molar-refractivity contribution in [1.82, 2.24) is 0 Å². The summed E-state index contributed by atoms with van der Waals surface area (Å²) in [6.07, 6.45) is 0. The molecule has 0 aromatic rings. The Bertz CT molecular complexity index is 74.8. The van der Waals surface area contributed by atoms with Gasteiger partial charge in [0.15, 0.2) is 0 Å². The fourth-order valence-corrected chi connectivity index (χ4v) is 0. The molecule has 0 radical (unpaired) electrons. The van der Waals surface area contributed by atoms with Crippen LogP contribution in [0.4, 0.5) is 0 Å². The second kappa shape index (κ2) is 3.01. The Kier molecular flexibility index (Phi) is 3.48. The monoisotopic (exact) mass is 194 g/mol. The van der Waals surface area contributed by atoms with E-state index in [1.54, 1.807) is 0 Å². The van der Waals surface area contributed by atoms with Crippen LogP contribution in [0.2, 0.25) is 0 Å². The van der Waals surface area contributed by atoms with E-state index < -0.39 is 18.2 Å². The summed E-state index contributed by atoms with van der Waals surface area (Å²) in [5.74, 6) is 0. The van der Waals surface area contributed by atoms with E-state index in [0.717, 1.165) is 0 Å². The van der Waals surface area contributed by atoms with Crippen LogP contribution in [0.1, 0.15) is 0 Å². The van der Waals surface area contributed by atoms with Crippen LogP contribution < -0.4 is 0 Å². The van der Waals surface area contributed by atoms with Gasteiger partial charge < -0.3 is 0 Å². The van der Waals surface area contributed by atoms with Gasteiger partial charge in [0.1, 0.15) is 0 Å². The Balaban J connectivity index is 3.57. The normalized spacial score (nSPS) is 19.7. The number of hydrogen-bond acceptors (Lipinski definition) is 2. The van der Waals surface area contributed by atoms with E-state index in [-0.39, 0.29) is 0 Å². The summed E-state index contributed by atoms with van der Waals surface area (Å²) in [6, 6.07) is 0. The molecule has 6 heavy (non-hydrogen) atoms. The second-order valence-corrected chi connectivity index (χ2v) is 6.52. The Morgan fingerprint density at radius 2 is 1.67 bits per heavy atom. The van der Waals surface area contributed by atoms with Gasteiger partial charge in [-0.3, -0.25) is 0 Å². The molecule has 0 saturated carbocycles. The topological polar surface area (TPSA) is 57.5 Å². The zero-order chi connectivity index (χ0) is 5.15. The van der Waals surface area contributed by atoms with Gasteiger partial charge in [0.05, 0.1) is 0 Å².